The molecule has 1 N–H and O–H groups in total. The summed E-state index contributed by atoms with van der Waals surface area (Å²) in [4.78, 5) is 22.0. The summed E-state index contributed by atoms with van der Waals surface area (Å²) in [5, 5.41) is 3.78. The number of amides is 1. The molecule has 2 aliphatic rings. The number of aromatic nitrogens is 1. The Morgan fingerprint density at radius 2 is 1.81 bits per heavy atom. The largest absolute Gasteiger partial charge is 0.354 e. The quantitative estimate of drug-likeness (QED) is 0.861. The number of hydrogen-bond donors (Lipinski definition) is 1. The first-order valence-electron chi connectivity index (χ1n) is 9.50. The van der Waals surface area contributed by atoms with Crippen molar-refractivity contribution in [2.45, 2.75) is 24.8 Å². The molecule has 1 aliphatic heterocycles. The molecule has 0 bridgehead atoms. The van der Waals surface area contributed by atoms with Crippen molar-refractivity contribution in [3.05, 3.63) is 58.7 Å². The number of hydrogen-bond acceptors (Lipinski definition) is 4. The van der Waals surface area contributed by atoms with Crippen molar-refractivity contribution in [3.63, 3.8) is 0 Å². The lowest BCUT2D eigenvalue weighted by molar-refractivity contribution is -0.123. The molecule has 27 heavy (non-hydrogen) atoms. The molecule has 1 amide bonds. The van der Waals surface area contributed by atoms with Crippen molar-refractivity contribution >= 4 is 23.3 Å². The van der Waals surface area contributed by atoms with E-state index in [1.165, 1.54) is 0 Å². The van der Waals surface area contributed by atoms with E-state index in [1.807, 2.05) is 30.5 Å². The zero-order chi connectivity index (χ0) is 18.9. The van der Waals surface area contributed by atoms with Crippen LogP contribution in [0, 0.1) is 0 Å². The third kappa shape index (κ3) is 3.94. The number of pyridine rings is 1. The molecule has 1 aromatic heterocycles. The summed E-state index contributed by atoms with van der Waals surface area (Å²) in [5.41, 5.74) is 1.69. The lowest BCUT2D eigenvalue weighted by Crippen LogP contribution is -2.44. The number of benzene rings is 1. The van der Waals surface area contributed by atoms with Gasteiger partial charge in [0.15, 0.2) is 0 Å². The summed E-state index contributed by atoms with van der Waals surface area (Å²) >= 11 is 5.97. The fourth-order valence-electron chi connectivity index (χ4n) is 3.64. The molecule has 1 saturated carbocycles. The second-order valence-electron chi connectivity index (χ2n) is 7.59. The molecule has 0 radical (unpaired) electrons. The summed E-state index contributed by atoms with van der Waals surface area (Å²) in [7, 11) is 2.15. The molecule has 1 aromatic carbocycles. The van der Waals surface area contributed by atoms with Crippen LogP contribution in [0.2, 0.25) is 5.02 Å². The number of anilines is 1. The second kappa shape index (κ2) is 7.49. The maximum absolute atomic E-state index is 12.8. The molecule has 0 atom stereocenters. The van der Waals surface area contributed by atoms with Crippen molar-refractivity contribution in [2.24, 2.45) is 0 Å². The number of likely N-dealkylation sites (N-methyl/N-ethyl adjacent to an activating group) is 1. The monoisotopic (exact) mass is 384 g/mol. The fourth-order valence-corrected chi connectivity index (χ4v) is 3.76. The van der Waals surface area contributed by atoms with Gasteiger partial charge in [0.05, 0.1) is 5.41 Å². The number of rotatable bonds is 5. The van der Waals surface area contributed by atoms with E-state index in [2.05, 4.69) is 39.3 Å². The Hall–Kier alpha value is -2.11. The van der Waals surface area contributed by atoms with Crippen LogP contribution in [-0.2, 0) is 16.8 Å². The highest BCUT2D eigenvalue weighted by Crippen LogP contribution is 2.48. The van der Waals surface area contributed by atoms with Gasteiger partial charge in [0.25, 0.3) is 0 Å². The van der Waals surface area contributed by atoms with E-state index in [0.29, 0.717) is 11.6 Å². The summed E-state index contributed by atoms with van der Waals surface area (Å²) in [6.07, 6.45) is 3.65. The van der Waals surface area contributed by atoms with Crippen LogP contribution >= 0.6 is 11.6 Å². The smallest absolute Gasteiger partial charge is 0.230 e. The van der Waals surface area contributed by atoms with Crippen molar-refractivity contribution < 1.29 is 4.79 Å². The molecule has 0 spiro atoms. The third-order valence-corrected chi connectivity index (χ3v) is 5.92. The van der Waals surface area contributed by atoms with Gasteiger partial charge in [0, 0.05) is 43.9 Å². The Kier molecular flexibility index (Phi) is 5.06. The van der Waals surface area contributed by atoms with Gasteiger partial charge in [-0.15, -0.1) is 0 Å². The van der Waals surface area contributed by atoms with Gasteiger partial charge in [0.1, 0.15) is 5.82 Å². The number of nitrogens with zero attached hydrogens (tertiary/aromatic N) is 3. The molecule has 5 nitrogen and oxygen atoms in total. The number of carbonyl (C=O) groups is 1. The molecule has 0 unspecified atom stereocenters. The molecule has 2 heterocycles. The summed E-state index contributed by atoms with van der Waals surface area (Å²) in [5.74, 6) is 1.10. The van der Waals surface area contributed by atoms with E-state index in [9.17, 15) is 4.79 Å². The normalized spacial score (nSPS) is 19.0. The highest BCUT2D eigenvalue weighted by molar-refractivity contribution is 6.30. The van der Waals surface area contributed by atoms with E-state index >= 15 is 0 Å². The second-order valence-corrected chi connectivity index (χ2v) is 8.02. The van der Waals surface area contributed by atoms with E-state index in [1.54, 1.807) is 0 Å². The predicted molar refractivity (Wildman–Crippen MR) is 108 cm³/mol. The molecule has 2 aromatic rings. The van der Waals surface area contributed by atoms with Crippen molar-refractivity contribution in [3.8, 4) is 0 Å². The van der Waals surface area contributed by atoms with Gasteiger partial charge < -0.3 is 15.1 Å². The van der Waals surface area contributed by atoms with Crippen LogP contribution in [0.5, 0.6) is 0 Å². The van der Waals surface area contributed by atoms with E-state index in [-0.39, 0.29) is 11.3 Å². The molecular weight excluding hydrogens is 360 g/mol. The van der Waals surface area contributed by atoms with E-state index in [0.717, 1.165) is 56.0 Å². The summed E-state index contributed by atoms with van der Waals surface area (Å²) in [6, 6.07) is 11.7. The fraction of sp³-hybridized carbons (Fsp3) is 0.429. The number of piperazine rings is 1. The molecule has 1 saturated heterocycles. The molecule has 2 fully saturated rings. The zero-order valence-corrected chi connectivity index (χ0v) is 16.4. The Bertz CT molecular complexity index is 794. The number of nitrogens with one attached hydrogen (secondary N) is 1. The average Bonchev–Trinajstić information content (AvgIpc) is 3.50. The van der Waals surface area contributed by atoms with E-state index in [4.69, 9.17) is 11.6 Å². The molecule has 1 aliphatic carbocycles. The first kappa shape index (κ1) is 18.3. The molecule has 142 valence electrons. The Morgan fingerprint density at radius 1 is 1.11 bits per heavy atom. The highest BCUT2D eigenvalue weighted by Gasteiger charge is 2.51. The Balaban J connectivity index is 1.35. The number of carbonyl (C=O) groups excluding carboxylic acids is 1. The minimum Gasteiger partial charge on any atom is -0.354 e. The van der Waals surface area contributed by atoms with Crippen LogP contribution in [0.15, 0.2) is 42.6 Å². The number of halogens is 1. The van der Waals surface area contributed by atoms with Gasteiger partial charge in [-0.05, 0) is 49.2 Å². The highest BCUT2D eigenvalue weighted by atomic mass is 35.5. The topological polar surface area (TPSA) is 48.5 Å². The van der Waals surface area contributed by atoms with Gasteiger partial charge in [-0.25, -0.2) is 4.98 Å². The van der Waals surface area contributed by atoms with Crippen LogP contribution in [-0.4, -0.2) is 49.0 Å². The zero-order valence-electron chi connectivity index (χ0n) is 15.6. The Labute approximate surface area is 165 Å². The first-order valence-corrected chi connectivity index (χ1v) is 9.87. The van der Waals surface area contributed by atoms with Gasteiger partial charge >= 0.3 is 0 Å². The molecular formula is C21H25ClN4O. The van der Waals surface area contributed by atoms with Gasteiger partial charge in [-0.1, -0.05) is 29.8 Å². The van der Waals surface area contributed by atoms with Crippen LogP contribution < -0.4 is 10.2 Å². The maximum atomic E-state index is 12.8. The predicted octanol–water partition coefficient (Wildman–Crippen LogP) is 2.83. The molecule has 6 heteroatoms. The van der Waals surface area contributed by atoms with Crippen LogP contribution in [0.4, 0.5) is 5.82 Å². The Morgan fingerprint density at radius 3 is 2.41 bits per heavy atom. The minimum absolute atomic E-state index is 0.0907. The minimum atomic E-state index is -0.377. The lowest BCUT2D eigenvalue weighted by Gasteiger charge is -2.33. The van der Waals surface area contributed by atoms with Crippen molar-refractivity contribution in [1.29, 1.82) is 0 Å². The van der Waals surface area contributed by atoms with Gasteiger partial charge in [-0.2, -0.15) is 0 Å². The summed E-state index contributed by atoms with van der Waals surface area (Å²) < 4.78 is 0. The van der Waals surface area contributed by atoms with Gasteiger partial charge in [-0.3, -0.25) is 4.79 Å². The lowest BCUT2D eigenvalue weighted by atomic mass is 9.95. The van der Waals surface area contributed by atoms with Crippen LogP contribution in [0.1, 0.15) is 24.0 Å². The molecule has 4 rings (SSSR count). The van der Waals surface area contributed by atoms with Gasteiger partial charge in [0.2, 0.25) is 5.91 Å². The third-order valence-electron chi connectivity index (χ3n) is 5.67. The van der Waals surface area contributed by atoms with E-state index < -0.39 is 0 Å². The van der Waals surface area contributed by atoms with Crippen molar-refractivity contribution in [1.82, 2.24) is 15.2 Å². The standard InChI is InChI=1S/C21H25ClN4O/c1-25-10-12-26(13-11-25)19-7-2-16(14-23-19)15-24-20(27)21(8-9-21)17-3-5-18(22)6-4-17/h2-7,14H,8-13,15H2,1H3,(H,24,27). The van der Waals surface area contributed by atoms with Crippen LogP contribution in [0.25, 0.3) is 0 Å². The van der Waals surface area contributed by atoms with Crippen molar-refractivity contribution in [2.75, 3.05) is 38.1 Å². The average molecular weight is 385 g/mol. The maximum Gasteiger partial charge on any atom is 0.230 e. The van der Waals surface area contributed by atoms with Crippen LogP contribution in [0.3, 0.4) is 0 Å². The SMILES string of the molecule is CN1CCN(c2ccc(CNC(=O)C3(c4ccc(Cl)cc4)CC3)cn2)CC1. The first-order chi connectivity index (χ1) is 13.1. The summed E-state index contributed by atoms with van der Waals surface area (Å²) in [6.45, 7) is 4.63.